The smallest absolute Gasteiger partial charge is 0.133 e. The van der Waals surface area contributed by atoms with E-state index in [0.717, 1.165) is 29.8 Å². The van der Waals surface area contributed by atoms with Gasteiger partial charge in [0.15, 0.2) is 0 Å². The van der Waals surface area contributed by atoms with Crippen LogP contribution in [0.4, 0.5) is 0 Å². The minimum absolute atomic E-state index is 0.446. The van der Waals surface area contributed by atoms with Crippen molar-refractivity contribution in [1.29, 1.82) is 0 Å². The first kappa shape index (κ1) is 16.5. The highest BCUT2D eigenvalue weighted by Crippen LogP contribution is 2.30. The molecule has 2 nitrogen and oxygen atoms in total. The molecule has 1 N–H and O–H groups in total. The van der Waals surface area contributed by atoms with Crippen molar-refractivity contribution in [3.63, 3.8) is 0 Å². The van der Waals surface area contributed by atoms with Gasteiger partial charge >= 0.3 is 0 Å². The third-order valence-corrected chi connectivity index (χ3v) is 3.74. The molecule has 0 aliphatic carbocycles. The highest BCUT2D eigenvalue weighted by molar-refractivity contribution is 9.10. The Morgan fingerprint density at radius 2 is 2.00 bits per heavy atom. The summed E-state index contributed by atoms with van der Waals surface area (Å²) < 4.78 is 6.75. The normalized spacial score (nSPS) is 12.4. The lowest BCUT2D eigenvalue weighted by Gasteiger charge is -2.19. The Kier molecular flexibility index (Phi) is 8.15. The Morgan fingerprint density at radius 3 is 2.58 bits per heavy atom. The van der Waals surface area contributed by atoms with Crippen LogP contribution in [0.1, 0.15) is 58.1 Å². The van der Waals surface area contributed by atoms with Gasteiger partial charge in [-0.1, -0.05) is 39.7 Å². The molecule has 108 valence electrons. The van der Waals surface area contributed by atoms with Crippen molar-refractivity contribution >= 4 is 15.9 Å². The third kappa shape index (κ3) is 5.53. The molecule has 1 unspecified atom stereocenters. The van der Waals surface area contributed by atoms with Gasteiger partial charge < -0.3 is 10.1 Å². The van der Waals surface area contributed by atoms with E-state index in [0.29, 0.717) is 6.04 Å². The van der Waals surface area contributed by atoms with E-state index >= 15 is 0 Å². The fraction of sp³-hybridized carbons (Fsp3) is 0.625. The second-order valence-electron chi connectivity index (χ2n) is 4.79. The molecule has 0 aliphatic rings. The minimum atomic E-state index is 0.446. The molecule has 3 heteroatoms. The molecule has 0 bridgehead atoms. The van der Waals surface area contributed by atoms with Gasteiger partial charge in [-0.3, -0.25) is 0 Å². The van der Waals surface area contributed by atoms with E-state index in [1.807, 2.05) is 0 Å². The van der Waals surface area contributed by atoms with E-state index in [9.17, 15) is 0 Å². The molecule has 0 heterocycles. The molecule has 0 saturated carbocycles. The zero-order valence-corrected chi connectivity index (χ0v) is 13.9. The zero-order valence-electron chi connectivity index (χ0n) is 12.3. The lowest BCUT2D eigenvalue weighted by Crippen LogP contribution is -2.20. The largest absolute Gasteiger partial charge is 0.492 e. The first-order valence-electron chi connectivity index (χ1n) is 7.38. The van der Waals surface area contributed by atoms with Crippen LogP contribution in [0.25, 0.3) is 0 Å². The van der Waals surface area contributed by atoms with Crippen LogP contribution in [-0.2, 0) is 0 Å². The average Bonchev–Trinajstić information content (AvgIpc) is 2.42. The number of hydrogen-bond donors (Lipinski definition) is 1. The van der Waals surface area contributed by atoms with Crippen LogP contribution in [-0.4, -0.2) is 13.2 Å². The molecule has 0 aliphatic heterocycles. The molecule has 1 atom stereocenters. The van der Waals surface area contributed by atoms with Gasteiger partial charge in [-0.2, -0.15) is 0 Å². The quantitative estimate of drug-likeness (QED) is 0.683. The summed E-state index contributed by atoms with van der Waals surface area (Å²) in [5.74, 6) is 0.941. The van der Waals surface area contributed by atoms with E-state index in [-0.39, 0.29) is 0 Å². The van der Waals surface area contributed by atoms with Crippen LogP contribution in [0.5, 0.6) is 5.75 Å². The van der Waals surface area contributed by atoms with Gasteiger partial charge in [-0.05, 0) is 53.0 Å². The van der Waals surface area contributed by atoms with Crippen molar-refractivity contribution < 1.29 is 4.74 Å². The van der Waals surface area contributed by atoms with E-state index in [1.165, 1.54) is 24.8 Å². The predicted molar refractivity (Wildman–Crippen MR) is 85.9 cm³/mol. The van der Waals surface area contributed by atoms with Crippen LogP contribution in [0.2, 0.25) is 0 Å². The number of rotatable bonds is 9. The lowest BCUT2D eigenvalue weighted by atomic mass is 10.0. The lowest BCUT2D eigenvalue weighted by molar-refractivity contribution is 0.315. The monoisotopic (exact) mass is 327 g/mol. The van der Waals surface area contributed by atoms with Crippen molar-refractivity contribution in [2.75, 3.05) is 13.2 Å². The van der Waals surface area contributed by atoms with E-state index < -0.39 is 0 Å². The highest BCUT2D eigenvalue weighted by Gasteiger charge is 2.11. The van der Waals surface area contributed by atoms with E-state index in [1.54, 1.807) is 0 Å². The number of nitrogens with one attached hydrogen (secondary N) is 1. The van der Waals surface area contributed by atoms with E-state index in [4.69, 9.17) is 4.74 Å². The van der Waals surface area contributed by atoms with Gasteiger partial charge in [0, 0.05) is 6.04 Å². The summed E-state index contributed by atoms with van der Waals surface area (Å²) in [7, 11) is 0. The molecule has 0 fully saturated rings. The SMILES string of the molecule is CCCCC(NCC)c1ccc(OCCC)c(Br)c1. The fourth-order valence-electron chi connectivity index (χ4n) is 2.10. The van der Waals surface area contributed by atoms with Crippen molar-refractivity contribution in [1.82, 2.24) is 5.32 Å². The summed E-state index contributed by atoms with van der Waals surface area (Å²) >= 11 is 3.61. The molecule has 0 saturated heterocycles. The summed E-state index contributed by atoms with van der Waals surface area (Å²) in [6.07, 6.45) is 4.71. The van der Waals surface area contributed by atoms with Crippen LogP contribution in [0.15, 0.2) is 22.7 Å². The molecule has 0 spiro atoms. The molecular formula is C16H26BrNO. The number of hydrogen-bond acceptors (Lipinski definition) is 2. The maximum absolute atomic E-state index is 5.69. The first-order chi connectivity index (χ1) is 9.22. The number of unbranched alkanes of at least 4 members (excludes halogenated alkanes) is 1. The second kappa shape index (κ2) is 9.38. The van der Waals surface area contributed by atoms with Gasteiger partial charge in [0.1, 0.15) is 5.75 Å². The Hall–Kier alpha value is -0.540. The zero-order chi connectivity index (χ0) is 14.1. The summed E-state index contributed by atoms with van der Waals surface area (Å²) in [6.45, 7) is 8.28. The summed E-state index contributed by atoms with van der Waals surface area (Å²) in [6, 6.07) is 6.89. The molecule has 0 aromatic heterocycles. The van der Waals surface area contributed by atoms with Crippen molar-refractivity contribution in [2.45, 2.75) is 52.5 Å². The summed E-state index contributed by atoms with van der Waals surface area (Å²) in [5, 5.41) is 3.56. The fourth-order valence-corrected chi connectivity index (χ4v) is 2.62. The maximum atomic E-state index is 5.69. The molecule has 1 rings (SSSR count). The standard InChI is InChI=1S/C16H26BrNO/c1-4-7-8-15(18-6-3)13-9-10-16(14(17)12-13)19-11-5-2/h9-10,12,15,18H,4-8,11H2,1-3H3. The van der Waals surface area contributed by atoms with Crippen molar-refractivity contribution in [2.24, 2.45) is 0 Å². The van der Waals surface area contributed by atoms with Gasteiger partial charge in [-0.15, -0.1) is 0 Å². The van der Waals surface area contributed by atoms with Crippen LogP contribution < -0.4 is 10.1 Å². The van der Waals surface area contributed by atoms with E-state index in [2.05, 4.69) is 60.2 Å². The van der Waals surface area contributed by atoms with Crippen LogP contribution in [0.3, 0.4) is 0 Å². The van der Waals surface area contributed by atoms with Gasteiger partial charge in [0.25, 0.3) is 0 Å². The van der Waals surface area contributed by atoms with Gasteiger partial charge in [-0.25, -0.2) is 0 Å². The second-order valence-corrected chi connectivity index (χ2v) is 5.65. The van der Waals surface area contributed by atoms with Gasteiger partial charge in [0.05, 0.1) is 11.1 Å². The Balaban J connectivity index is 2.77. The minimum Gasteiger partial charge on any atom is -0.492 e. The Morgan fingerprint density at radius 1 is 1.21 bits per heavy atom. The summed E-state index contributed by atoms with van der Waals surface area (Å²) in [4.78, 5) is 0. The van der Waals surface area contributed by atoms with Crippen LogP contribution >= 0.6 is 15.9 Å². The Bertz CT molecular complexity index is 368. The maximum Gasteiger partial charge on any atom is 0.133 e. The number of benzene rings is 1. The Labute approximate surface area is 126 Å². The molecular weight excluding hydrogens is 302 g/mol. The van der Waals surface area contributed by atoms with Crippen LogP contribution in [0, 0.1) is 0 Å². The number of halogens is 1. The molecule has 19 heavy (non-hydrogen) atoms. The van der Waals surface area contributed by atoms with Crippen molar-refractivity contribution in [3.05, 3.63) is 28.2 Å². The summed E-state index contributed by atoms with van der Waals surface area (Å²) in [5.41, 5.74) is 1.34. The molecule has 1 aromatic carbocycles. The highest BCUT2D eigenvalue weighted by atomic mass is 79.9. The number of ether oxygens (including phenoxy) is 1. The molecule has 0 amide bonds. The third-order valence-electron chi connectivity index (χ3n) is 3.12. The topological polar surface area (TPSA) is 21.3 Å². The average molecular weight is 328 g/mol. The molecule has 1 aromatic rings. The van der Waals surface area contributed by atoms with Gasteiger partial charge in [0.2, 0.25) is 0 Å². The first-order valence-corrected chi connectivity index (χ1v) is 8.17. The van der Waals surface area contributed by atoms with Crippen molar-refractivity contribution in [3.8, 4) is 5.75 Å². The predicted octanol–water partition coefficient (Wildman–Crippen LogP) is 5.08. The molecule has 0 radical (unpaired) electrons.